The molecule has 0 saturated heterocycles. The second-order valence-corrected chi connectivity index (χ2v) is 9.76. The molecule has 4 rings (SSSR count). The monoisotopic (exact) mass is 590 g/mol. The van der Waals surface area contributed by atoms with Crippen LogP contribution in [0.3, 0.4) is 0 Å². The highest BCUT2D eigenvalue weighted by molar-refractivity contribution is 6.33. The molecule has 0 saturated carbocycles. The van der Waals surface area contributed by atoms with Crippen LogP contribution in [0.25, 0.3) is 16.8 Å². The molecule has 41 heavy (non-hydrogen) atoms. The van der Waals surface area contributed by atoms with Gasteiger partial charge < -0.3 is 24.3 Å². The largest absolute Gasteiger partial charge is 0.495 e. The van der Waals surface area contributed by atoms with Gasteiger partial charge in [0.25, 0.3) is 5.91 Å². The van der Waals surface area contributed by atoms with Gasteiger partial charge in [0.2, 0.25) is 0 Å². The Hall–Kier alpha value is -4.38. The smallest absolute Gasteiger partial charge is 0.266 e. The Kier molecular flexibility index (Phi) is 9.61. The number of anilines is 1. The number of aryl methyl sites for hydroxylation is 1. The lowest BCUT2D eigenvalue weighted by Crippen LogP contribution is -2.14. The summed E-state index contributed by atoms with van der Waals surface area (Å²) in [6.45, 7) is 4.52. The number of hydrogen-bond donors (Lipinski definition) is 1. The van der Waals surface area contributed by atoms with Crippen LogP contribution in [0.4, 0.5) is 5.69 Å². The molecular formula is C32H28Cl2N2O5. The maximum absolute atomic E-state index is 13.0. The first kappa shape index (κ1) is 29.6. The van der Waals surface area contributed by atoms with Crippen LogP contribution in [0.15, 0.2) is 66.2 Å². The van der Waals surface area contributed by atoms with E-state index in [-0.39, 0.29) is 17.2 Å². The van der Waals surface area contributed by atoms with E-state index < -0.39 is 5.91 Å². The first-order valence-corrected chi connectivity index (χ1v) is 13.5. The van der Waals surface area contributed by atoms with E-state index in [0.717, 1.165) is 21.9 Å². The number of nitrogens with zero attached hydrogens (tertiary/aromatic N) is 1. The third-order valence-corrected chi connectivity index (χ3v) is 6.94. The van der Waals surface area contributed by atoms with E-state index in [1.807, 2.05) is 32.0 Å². The molecule has 4 aromatic carbocycles. The van der Waals surface area contributed by atoms with Crippen LogP contribution in [0, 0.1) is 18.3 Å². The molecule has 0 radical (unpaired) electrons. The summed E-state index contributed by atoms with van der Waals surface area (Å²) in [6.07, 6.45) is 1.42. The summed E-state index contributed by atoms with van der Waals surface area (Å²) in [6, 6.07) is 20.5. The summed E-state index contributed by atoms with van der Waals surface area (Å²) in [7, 11) is 2.90. The van der Waals surface area contributed by atoms with Crippen LogP contribution >= 0.6 is 23.2 Å². The number of ether oxygens (including phenoxy) is 4. The molecule has 0 aliphatic carbocycles. The molecular weight excluding hydrogens is 563 g/mol. The molecule has 0 unspecified atom stereocenters. The highest BCUT2D eigenvalue weighted by atomic mass is 35.5. The van der Waals surface area contributed by atoms with Crippen molar-refractivity contribution >= 4 is 51.6 Å². The molecule has 0 atom stereocenters. The van der Waals surface area contributed by atoms with Gasteiger partial charge in [-0.15, -0.1) is 0 Å². The fourth-order valence-corrected chi connectivity index (χ4v) is 4.82. The summed E-state index contributed by atoms with van der Waals surface area (Å²) >= 11 is 12.8. The summed E-state index contributed by atoms with van der Waals surface area (Å²) in [5.41, 5.74) is 2.75. The molecule has 0 aromatic heterocycles. The van der Waals surface area contributed by atoms with Gasteiger partial charge in [-0.1, -0.05) is 59.6 Å². The highest BCUT2D eigenvalue weighted by Crippen LogP contribution is 2.39. The van der Waals surface area contributed by atoms with Gasteiger partial charge in [-0.25, -0.2) is 0 Å². The second kappa shape index (κ2) is 13.3. The van der Waals surface area contributed by atoms with Crippen molar-refractivity contribution in [1.29, 1.82) is 5.26 Å². The molecule has 0 heterocycles. The van der Waals surface area contributed by atoms with Crippen molar-refractivity contribution < 1.29 is 23.7 Å². The van der Waals surface area contributed by atoms with Crippen molar-refractivity contribution in [3.8, 4) is 29.1 Å². The summed E-state index contributed by atoms with van der Waals surface area (Å²) in [5.74, 6) is 0.764. The van der Waals surface area contributed by atoms with Crippen molar-refractivity contribution in [2.75, 3.05) is 26.1 Å². The third-order valence-electron chi connectivity index (χ3n) is 6.37. The first-order chi connectivity index (χ1) is 19.8. The third kappa shape index (κ3) is 6.68. The zero-order valence-corrected chi connectivity index (χ0v) is 24.5. The van der Waals surface area contributed by atoms with Gasteiger partial charge in [-0.3, -0.25) is 4.79 Å². The van der Waals surface area contributed by atoms with Gasteiger partial charge in [-0.05, 0) is 54.0 Å². The maximum atomic E-state index is 13.0. The van der Waals surface area contributed by atoms with Crippen LogP contribution in [0.2, 0.25) is 10.0 Å². The topological polar surface area (TPSA) is 89.8 Å². The lowest BCUT2D eigenvalue weighted by Gasteiger charge is -2.17. The minimum atomic E-state index is -0.656. The average molecular weight is 591 g/mol. The molecule has 0 aliphatic rings. The number of methoxy groups -OCH3 is 2. The van der Waals surface area contributed by atoms with Gasteiger partial charge in [-0.2, -0.15) is 5.26 Å². The van der Waals surface area contributed by atoms with E-state index in [1.165, 1.54) is 32.4 Å². The van der Waals surface area contributed by atoms with E-state index in [4.69, 9.17) is 42.1 Å². The van der Waals surface area contributed by atoms with E-state index in [9.17, 15) is 10.1 Å². The predicted octanol–water partition coefficient (Wildman–Crippen LogP) is 8.00. The minimum absolute atomic E-state index is 0.167. The van der Waals surface area contributed by atoms with Crippen molar-refractivity contribution in [3.05, 3.63) is 93.0 Å². The fourth-order valence-electron chi connectivity index (χ4n) is 4.32. The molecule has 4 aromatic rings. The first-order valence-electron chi connectivity index (χ1n) is 12.7. The molecule has 0 fully saturated rings. The molecule has 9 heteroatoms. The number of rotatable bonds is 10. The average Bonchev–Trinajstić information content (AvgIpc) is 2.97. The molecule has 0 aliphatic heterocycles. The predicted molar refractivity (Wildman–Crippen MR) is 162 cm³/mol. The van der Waals surface area contributed by atoms with Crippen molar-refractivity contribution in [1.82, 2.24) is 0 Å². The normalized spacial score (nSPS) is 11.1. The quantitative estimate of drug-likeness (QED) is 0.149. The molecule has 210 valence electrons. The zero-order valence-electron chi connectivity index (χ0n) is 23.0. The van der Waals surface area contributed by atoms with Crippen molar-refractivity contribution in [3.63, 3.8) is 0 Å². The van der Waals surface area contributed by atoms with E-state index in [1.54, 1.807) is 12.1 Å². The Morgan fingerprint density at radius 1 is 0.951 bits per heavy atom. The van der Waals surface area contributed by atoms with Gasteiger partial charge in [0.1, 0.15) is 29.7 Å². The van der Waals surface area contributed by atoms with E-state index >= 15 is 0 Å². The standard InChI is InChI=1S/C32H28Cl2N2O5/c1-5-40-30-14-20(12-22(17-35)32(37)36-27-16-28(38-3)25(33)15-29(27)39-4)13-26(34)31(30)41-18-24-19(2)10-11-21-8-6-7-9-23(21)24/h6-16H,5,18H2,1-4H3,(H,36,37)/b22-12+. The molecule has 0 bridgehead atoms. The number of hydrogen-bond acceptors (Lipinski definition) is 6. The molecule has 0 spiro atoms. The van der Waals surface area contributed by atoms with Crippen LogP contribution in [-0.2, 0) is 11.4 Å². The Bertz CT molecular complexity index is 1680. The Balaban J connectivity index is 1.63. The summed E-state index contributed by atoms with van der Waals surface area (Å²) in [5, 5.41) is 15.3. The Morgan fingerprint density at radius 2 is 1.71 bits per heavy atom. The lowest BCUT2D eigenvalue weighted by atomic mass is 10.0. The molecule has 1 N–H and O–H groups in total. The Morgan fingerprint density at radius 3 is 2.41 bits per heavy atom. The van der Waals surface area contributed by atoms with Crippen molar-refractivity contribution in [2.24, 2.45) is 0 Å². The van der Waals surface area contributed by atoms with Crippen LogP contribution in [-0.4, -0.2) is 26.7 Å². The summed E-state index contributed by atoms with van der Waals surface area (Å²) in [4.78, 5) is 13.0. The SMILES string of the molecule is CCOc1cc(/C=C(\C#N)C(=O)Nc2cc(OC)c(Cl)cc2OC)cc(Cl)c1OCc1c(C)ccc2ccccc12. The number of carbonyl (C=O) groups excluding carboxylic acids is 1. The summed E-state index contributed by atoms with van der Waals surface area (Å²) < 4.78 is 22.6. The van der Waals surface area contributed by atoms with Gasteiger partial charge in [0.15, 0.2) is 11.5 Å². The van der Waals surface area contributed by atoms with E-state index in [2.05, 4.69) is 29.6 Å². The number of fused-ring (bicyclic) bond motifs is 1. The highest BCUT2D eigenvalue weighted by Gasteiger charge is 2.18. The van der Waals surface area contributed by atoms with Crippen LogP contribution in [0.5, 0.6) is 23.0 Å². The fraction of sp³-hybridized carbons (Fsp3) is 0.188. The Labute approximate surface area is 248 Å². The van der Waals surface area contributed by atoms with Crippen LogP contribution < -0.4 is 24.3 Å². The lowest BCUT2D eigenvalue weighted by molar-refractivity contribution is -0.112. The number of halogens is 2. The maximum Gasteiger partial charge on any atom is 0.266 e. The number of benzene rings is 4. The number of nitrogens with one attached hydrogen (secondary N) is 1. The van der Waals surface area contributed by atoms with Gasteiger partial charge in [0.05, 0.1) is 36.6 Å². The van der Waals surface area contributed by atoms with E-state index in [0.29, 0.717) is 45.9 Å². The molecule has 7 nitrogen and oxygen atoms in total. The minimum Gasteiger partial charge on any atom is -0.495 e. The van der Waals surface area contributed by atoms with Crippen molar-refractivity contribution in [2.45, 2.75) is 20.5 Å². The second-order valence-electron chi connectivity index (χ2n) is 8.94. The zero-order chi connectivity index (χ0) is 29.5. The number of amides is 1. The molecule has 1 amide bonds. The van der Waals surface area contributed by atoms with Gasteiger partial charge in [0, 0.05) is 17.7 Å². The van der Waals surface area contributed by atoms with Crippen LogP contribution in [0.1, 0.15) is 23.6 Å². The number of nitriles is 1. The van der Waals surface area contributed by atoms with Gasteiger partial charge >= 0.3 is 0 Å². The number of carbonyl (C=O) groups is 1.